The molecule has 4 nitrogen and oxygen atoms in total. The van der Waals surface area contributed by atoms with Gasteiger partial charge in [-0.3, -0.25) is 9.59 Å². The minimum atomic E-state index is -1.10. The third-order valence-corrected chi connectivity index (χ3v) is 4.81. The topological polar surface area (TPSA) is 40.6 Å². The SMILES string of the molecule is CN(Cc1ccccc1)C(=O)C(C)(C)C(=O)N1CCc2ccccc21. The molecule has 25 heavy (non-hydrogen) atoms. The first-order valence-electron chi connectivity index (χ1n) is 8.60. The zero-order valence-corrected chi connectivity index (χ0v) is 15.0. The Labute approximate surface area is 149 Å². The van der Waals surface area contributed by atoms with Gasteiger partial charge in [0.05, 0.1) is 0 Å². The maximum Gasteiger partial charge on any atom is 0.242 e. The van der Waals surface area contributed by atoms with Gasteiger partial charge in [-0.25, -0.2) is 0 Å². The van der Waals surface area contributed by atoms with Crippen molar-refractivity contribution >= 4 is 17.5 Å². The number of benzene rings is 2. The summed E-state index contributed by atoms with van der Waals surface area (Å²) in [6.07, 6.45) is 0.839. The van der Waals surface area contributed by atoms with Gasteiger partial charge in [0.1, 0.15) is 5.41 Å². The fraction of sp³-hybridized carbons (Fsp3) is 0.333. The molecule has 2 amide bonds. The Hall–Kier alpha value is -2.62. The predicted octanol–water partition coefficient (Wildman–Crippen LogP) is 3.26. The summed E-state index contributed by atoms with van der Waals surface area (Å²) in [6, 6.07) is 17.7. The van der Waals surface area contributed by atoms with Crippen LogP contribution in [0.15, 0.2) is 54.6 Å². The smallest absolute Gasteiger partial charge is 0.242 e. The van der Waals surface area contributed by atoms with Crippen LogP contribution in [0.4, 0.5) is 5.69 Å². The molecule has 0 saturated heterocycles. The highest BCUT2D eigenvalue weighted by Gasteiger charge is 2.42. The van der Waals surface area contributed by atoms with Crippen LogP contribution in [0.25, 0.3) is 0 Å². The second-order valence-corrected chi connectivity index (χ2v) is 7.11. The average molecular weight is 336 g/mol. The summed E-state index contributed by atoms with van der Waals surface area (Å²) in [6.45, 7) is 4.57. The Morgan fingerprint density at radius 3 is 2.40 bits per heavy atom. The Kier molecular flexibility index (Phi) is 4.62. The van der Waals surface area contributed by atoms with Crippen molar-refractivity contribution < 1.29 is 9.59 Å². The molecule has 4 heteroatoms. The molecule has 1 aliphatic rings. The molecule has 2 aromatic rings. The maximum absolute atomic E-state index is 13.1. The van der Waals surface area contributed by atoms with Crippen molar-refractivity contribution in [3.05, 3.63) is 65.7 Å². The molecule has 0 aromatic heterocycles. The molecule has 0 unspecified atom stereocenters. The summed E-state index contributed by atoms with van der Waals surface area (Å²) in [5.74, 6) is -0.298. The van der Waals surface area contributed by atoms with Gasteiger partial charge in [-0.2, -0.15) is 0 Å². The van der Waals surface area contributed by atoms with E-state index in [4.69, 9.17) is 0 Å². The highest BCUT2D eigenvalue weighted by Crippen LogP contribution is 2.32. The van der Waals surface area contributed by atoms with E-state index in [0.717, 1.165) is 23.2 Å². The lowest BCUT2D eigenvalue weighted by Crippen LogP contribution is -2.49. The van der Waals surface area contributed by atoms with Crippen LogP contribution in [-0.4, -0.2) is 30.3 Å². The predicted molar refractivity (Wildman–Crippen MR) is 99.2 cm³/mol. The minimum absolute atomic E-state index is 0.137. The molecule has 0 radical (unpaired) electrons. The first-order chi connectivity index (χ1) is 11.9. The number of fused-ring (bicyclic) bond motifs is 1. The zero-order chi connectivity index (χ0) is 18.0. The van der Waals surface area contributed by atoms with Crippen molar-refractivity contribution in [2.24, 2.45) is 5.41 Å². The van der Waals surface area contributed by atoms with Gasteiger partial charge in [-0.15, -0.1) is 0 Å². The molecule has 130 valence electrons. The van der Waals surface area contributed by atoms with Crippen molar-refractivity contribution in [1.29, 1.82) is 0 Å². The second kappa shape index (κ2) is 6.71. The lowest BCUT2D eigenvalue weighted by molar-refractivity contribution is -0.146. The van der Waals surface area contributed by atoms with E-state index in [1.165, 1.54) is 0 Å². The molecular formula is C21H24N2O2. The van der Waals surface area contributed by atoms with Crippen molar-refractivity contribution in [2.75, 3.05) is 18.5 Å². The van der Waals surface area contributed by atoms with Crippen molar-refractivity contribution in [3.63, 3.8) is 0 Å². The van der Waals surface area contributed by atoms with E-state index in [1.54, 1.807) is 30.7 Å². The van der Waals surface area contributed by atoms with Gasteiger partial charge < -0.3 is 9.80 Å². The van der Waals surface area contributed by atoms with Gasteiger partial charge >= 0.3 is 0 Å². The van der Waals surface area contributed by atoms with E-state index in [0.29, 0.717) is 13.1 Å². The van der Waals surface area contributed by atoms with Crippen LogP contribution in [0.5, 0.6) is 0 Å². The number of carbonyl (C=O) groups excluding carboxylic acids is 2. The summed E-state index contributed by atoms with van der Waals surface area (Å²) in [5.41, 5.74) is 2.05. The van der Waals surface area contributed by atoms with Crippen molar-refractivity contribution in [1.82, 2.24) is 4.90 Å². The van der Waals surface area contributed by atoms with Crippen LogP contribution >= 0.6 is 0 Å². The number of anilines is 1. The van der Waals surface area contributed by atoms with Crippen LogP contribution in [0.2, 0.25) is 0 Å². The molecule has 0 aliphatic carbocycles. The highest BCUT2D eigenvalue weighted by atomic mass is 16.2. The van der Waals surface area contributed by atoms with Gasteiger partial charge in [0, 0.05) is 25.8 Å². The molecule has 0 fully saturated rings. The van der Waals surface area contributed by atoms with Crippen LogP contribution in [0.3, 0.4) is 0 Å². The Morgan fingerprint density at radius 1 is 1.04 bits per heavy atom. The third kappa shape index (κ3) is 3.29. The minimum Gasteiger partial charge on any atom is -0.341 e. The lowest BCUT2D eigenvalue weighted by atomic mass is 9.89. The molecular weight excluding hydrogens is 312 g/mol. The molecule has 2 aromatic carbocycles. The summed E-state index contributed by atoms with van der Waals surface area (Å²) in [4.78, 5) is 29.5. The van der Waals surface area contributed by atoms with Gasteiger partial charge in [0.25, 0.3) is 0 Å². The van der Waals surface area contributed by atoms with Crippen LogP contribution < -0.4 is 4.90 Å². The van der Waals surface area contributed by atoms with Gasteiger partial charge in [-0.05, 0) is 37.5 Å². The monoisotopic (exact) mass is 336 g/mol. The largest absolute Gasteiger partial charge is 0.341 e. The molecule has 0 atom stereocenters. The number of rotatable bonds is 4. The van der Waals surface area contributed by atoms with E-state index in [2.05, 4.69) is 0 Å². The summed E-state index contributed by atoms with van der Waals surface area (Å²) < 4.78 is 0. The van der Waals surface area contributed by atoms with Gasteiger partial charge in [-0.1, -0.05) is 48.5 Å². The van der Waals surface area contributed by atoms with E-state index in [9.17, 15) is 9.59 Å². The van der Waals surface area contributed by atoms with E-state index < -0.39 is 5.41 Å². The van der Waals surface area contributed by atoms with Crippen LogP contribution in [0.1, 0.15) is 25.0 Å². The molecule has 1 aliphatic heterocycles. The molecule has 3 rings (SSSR count). The standard InChI is InChI=1S/C21H24N2O2/c1-21(2,19(24)22(3)15-16-9-5-4-6-10-16)20(25)23-14-13-17-11-7-8-12-18(17)23/h4-12H,13-15H2,1-3H3. The second-order valence-electron chi connectivity index (χ2n) is 7.11. The van der Waals surface area contributed by atoms with Crippen molar-refractivity contribution in [3.8, 4) is 0 Å². The average Bonchev–Trinajstić information content (AvgIpc) is 3.05. The van der Waals surface area contributed by atoms with Crippen molar-refractivity contribution in [2.45, 2.75) is 26.8 Å². The quantitative estimate of drug-likeness (QED) is 0.804. The lowest BCUT2D eigenvalue weighted by Gasteiger charge is -2.32. The first-order valence-corrected chi connectivity index (χ1v) is 8.60. The molecule has 1 heterocycles. The maximum atomic E-state index is 13.1. The first kappa shape index (κ1) is 17.2. The Bertz CT molecular complexity index is 783. The van der Waals surface area contributed by atoms with Crippen LogP contribution in [-0.2, 0) is 22.6 Å². The molecule has 0 saturated carbocycles. The van der Waals surface area contributed by atoms with Crippen LogP contribution in [0, 0.1) is 5.41 Å². The summed E-state index contributed by atoms with van der Waals surface area (Å²) >= 11 is 0. The number of carbonyl (C=O) groups is 2. The Balaban J connectivity index is 1.76. The van der Waals surface area contributed by atoms with Gasteiger partial charge in [0.15, 0.2) is 0 Å². The van der Waals surface area contributed by atoms with E-state index in [-0.39, 0.29) is 11.8 Å². The number of nitrogens with zero attached hydrogens (tertiary/aromatic N) is 2. The van der Waals surface area contributed by atoms with E-state index >= 15 is 0 Å². The third-order valence-electron chi connectivity index (χ3n) is 4.81. The fourth-order valence-electron chi connectivity index (χ4n) is 3.38. The summed E-state index contributed by atoms with van der Waals surface area (Å²) in [5, 5.41) is 0. The number of amides is 2. The number of hydrogen-bond donors (Lipinski definition) is 0. The van der Waals surface area contributed by atoms with Gasteiger partial charge in [0.2, 0.25) is 11.8 Å². The molecule has 0 bridgehead atoms. The highest BCUT2D eigenvalue weighted by molar-refractivity contribution is 6.11. The normalized spacial score (nSPS) is 13.5. The Morgan fingerprint density at radius 2 is 1.68 bits per heavy atom. The fourth-order valence-corrected chi connectivity index (χ4v) is 3.38. The molecule has 0 spiro atoms. The molecule has 0 N–H and O–H groups in total. The zero-order valence-electron chi connectivity index (χ0n) is 15.0. The number of para-hydroxylation sites is 1. The van der Waals surface area contributed by atoms with E-state index in [1.807, 2.05) is 54.6 Å². The number of hydrogen-bond acceptors (Lipinski definition) is 2. The summed E-state index contributed by atoms with van der Waals surface area (Å²) in [7, 11) is 1.75.